The summed E-state index contributed by atoms with van der Waals surface area (Å²) in [7, 11) is 0. The highest BCUT2D eigenvalue weighted by Gasteiger charge is 2.20. The van der Waals surface area contributed by atoms with E-state index in [9.17, 15) is 28.5 Å². The minimum absolute atomic E-state index is 0.0205. The first-order valence-corrected chi connectivity index (χ1v) is 7.95. The highest BCUT2D eigenvalue weighted by atomic mass is 19.3. The third kappa shape index (κ3) is 5.22. The van der Waals surface area contributed by atoms with Gasteiger partial charge < -0.3 is 14.8 Å². The molecule has 0 fully saturated rings. The van der Waals surface area contributed by atoms with Crippen LogP contribution in [0.4, 0.5) is 20.2 Å². The van der Waals surface area contributed by atoms with Crippen molar-refractivity contribution in [3.63, 3.8) is 0 Å². The van der Waals surface area contributed by atoms with E-state index >= 15 is 0 Å². The zero-order valence-electron chi connectivity index (χ0n) is 14.9. The maximum atomic E-state index is 12.1. The van der Waals surface area contributed by atoms with Crippen LogP contribution in [0.3, 0.4) is 0 Å². The molecule has 0 spiro atoms. The largest absolute Gasteiger partial charge is 0.452 e. The Hall–Kier alpha value is -3.56. The van der Waals surface area contributed by atoms with Gasteiger partial charge in [0.15, 0.2) is 6.61 Å². The monoisotopic (exact) mass is 394 g/mol. The van der Waals surface area contributed by atoms with E-state index in [4.69, 9.17) is 4.74 Å². The number of hydrogen-bond donors (Lipinski definition) is 1. The Morgan fingerprint density at radius 1 is 1.14 bits per heavy atom. The molecule has 0 bridgehead atoms. The number of alkyl halides is 2. The molecule has 0 aliphatic carbocycles. The molecule has 0 unspecified atom stereocenters. The number of esters is 1. The number of anilines is 1. The fraction of sp³-hybridized carbons (Fsp3) is 0.222. The number of carbonyl (C=O) groups is 2. The van der Waals surface area contributed by atoms with Crippen LogP contribution in [0.5, 0.6) is 5.75 Å². The second-order valence-electron chi connectivity index (χ2n) is 5.69. The molecule has 0 atom stereocenters. The fourth-order valence-corrected chi connectivity index (χ4v) is 2.27. The average Bonchev–Trinajstić information content (AvgIpc) is 2.63. The number of amides is 1. The number of nitro groups is 1. The standard InChI is InChI=1S/C18H16F2N2O6/c1-10-3-8-14(22(25)26)16(11(10)2)21-15(23)9-27-17(24)12-4-6-13(7-5-12)28-18(19)20/h3-8,18H,9H2,1-2H3,(H,21,23). The second-order valence-corrected chi connectivity index (χ2v) is 5.69. The number of aryl methyl sites for hydroxylation is 1. The molecule has 0 aromatic heterocycles. The highest BCUT2D eigenvalue weighted by Crippen LogP contribution is 2.30. The summed E-state index contributed by atoms with van der Waals surface area (Å²) >= 11 is 0. The minimum Gasteiger partial charge on any atom is -0.452 e. The average molecular weight is 394 g/mol. The van der Waals surface area contributed by atoms with Crippen molar-refractivity contribution in [3.8, 4) is 5.75 Å². The van der Waals surface area contributed by atoms with E-state index in [0.717, 1.165) is 17.7 Å². The third-order valence-corrected chi connectivity index (χ3v) is 3.82. The fourth-order valence-electron chi connectivity index (χ4n) is 2.27. The van der Waals surface area contributed by atoms with Crippen LogP contribution < -0.4 is 10.1 Å². The van der Waals surface area contributed by atoms with Gasteiger partial charge >= 0.3 is 12.6 Å². The first-order valence-electron chi connectivity index (χ1n) is 7.95. The lowest BCUT2D eigenvalue weighted by Gasteiger charge is -2.11. The molecule has 10 heteroatoms. The first-order chi connectivity index (χ1) is 13.2. The smallest absolute Gasteiger partial charge is 0.387 e. The lowest BCUT2D eigenvalue weighted by molar-refractivity contribution is -0.384. The van der Waals surface area contributed by atoms with Crippen molar-refractivity contribution in [2.45, 2.75) is 20.5 Å². The number of benzene rings is 2. The summed E-state index contributed by atoms with van der Waals surface area (Å²) in [6.07, 6.45) is 0. The zero-order chi connectivity index (χ0) is 20.8. The number of hydrogen-bond acceptors (Lipinski definition) is 6. The minimum atomic E-state index is -2.99. The van der Waals surface area contributed by atoms with Gasteiger partial charge in [0.1, 0.15) is 11.4 Å². The molecule has 8 nitrogen and oxygen atoms in total. The Morgan fingerprint density at radius 2 is 1.79 bits per heavy atom. The number of nitrogens with one attached hydrogen (secondary N) is 1. The Bertz CT molecular complexity index is 900. The highest BCUT2D eigenvalue weighted by molar-refractivity contribution is 5.97. The molecule has 148 valence electrons. The number of halogens is 2. The van der Waals surface area contributed by atoms with E-state index in [1.54, 1.807) is 19.9 Å². The van der Waals surface area contributed by atoms with Gasteiger partial charge in [0.05, 0.1) is 10.5 Å². The van der Waals surface area contributed by atoms with Crippen LogP contribution in [0, 0.1) is 24.0 Å². The maximum absolute atomic E-state index is 12.1. The first kappa shape index (κ1) is 20.7. The molecule has 2 rings (SSSR count). The van der Waals surface area contributed by atoms with Gasteiger partial charge in [-0.25, -0.2) is 4.79 Å². The number of nitro benzene ring substituents is 1. The number of rotatable bonds is 7. The summed E-state index contributed by atoms with van der Waals surface area (Å²) in [6, 6.07) is 7.54. The van der Waals surface area contributed by atoms with E-state index in [1.165, 1.54) is 18.2 Å². The summed E-state index contributed by atoms with van der Waals surface area (Å²) in [5.41, 5.74) is 1.02. The van der Waals surface area contributed by atoms with E-state index < -0.39 is 30.0 Å². The van der Waals surface area contributed by atoms with Crippen molar-refractivity contribution in [1.29, 1.82) is 0 Å². The van der Waals surface area contributed by atoms with Crippen molar-refractivity contribution in [2.75, 3.05) is 11.9 Å². The molecule has 0 heterocycles. The van der Waals surface area contributed by atoms with Crippen LogP contribution in [0.25, 0.3) is 0 Å². The molecule has 0 saturated carbocycles. The van der Waals surface area contributed by atoms with E-state index in [2.05, 4.69) is 10.1 Å². The van der Waals surface area contributed by atoms with Gasteiger partial charge in [-0.15, -0.1) is 0 Å². The normalized spacial score (nSPS) is 10.5. The summed E-state index contributed by atoms with van der Waals surface area (Å²) in [5, 5.41) is 13.5. The SMILES string of the molecule is Cc1ccc([N+](=O)[O-])c(NC(=O)COC(=O)c2ccc(OC(F)F)cc2)c1C. The quantitative estimate of drug-likeness (QED) is 0.437. The summed E-state index contributed by atoms with van der Waals surface area (Å²) < 4.78 is 33.2. The molecule has 0 aliphatic heterocycles. The van der Waals surface area contributed by atoms with Gasteiger partial charge in [-0.3, -0.25) is 14.9 Å². The molecular weight excluding hydrogens is 378 g/mol. The topological polar surface area (TPSA) is 108 Å². The van der Waals surface area contributed by atoms with Crippen molar-refractivity contribution in [3.05, 3.63) is 63.2 Å². The molecule has 1 N–H and O–H groups in total. The van der Waals surface area contributed by atoms with Gasteiger partial charge in [-0.2, -0.15) is 8.78 Å². The predicted octanol–water partition coefficient (Wildman–Crippen LogP) is 3.61. The summed E-state index contributed by atoms with van der Waals surface area (Å²) in [4.78, 5) is 34.5. The van der Waals surface area contributed by atoms with Crippen molar-refractivity contribution in [1.82, 2.24) is 0 Å². The van der Waals surface area contributed by atoms with Gasteiger partial charge in [-0.05, 0) is 49.2 Å². The van der Waals surface area contributed by atoms with E-state index in [1.807, 2.05) is 0 Å². The van der Waals surface area contributed by atoms with Gasteiger partial charge in [0.2, 0.25) is 0 Å². The van der Waals surface area contributed by atoms with Crippen LogP contribution in [-0.2, 0) is 9.53 Å². The maximum Gasteiger partial charge on any atom is 0.387 e. The lowest BCUT2D eigenvalue weighted by atomic mass is 10.1. The molecule has 2 aromatic rings. The second kappa shape index (κ2) is 8.89. The Morgan fingerprint density at radius 3 is 2.36 bits per heavy atom. The van der Waals surface area contributed by atoms with E-state index in [0.29, 0.717) is 5.56 Å². The Balaban J connectivity index is 2.00. The molecule has 1 amide bonds. The van der Waals surface area contributed by atoms with Gasteiger partial charge in [0, 0.05) is 6.07 Å². The van der Waals surface area contributed by atoms with E-state index in [-0.39, 0.29) is 22.7 Å². The molecular formula is C18H16F2N2O6. The van der Waals surface area contributed by atoms with Crippen molar-refractivity contribution < 1.29 is 32.8 Å². The van der Waals surface area contributed by atoms with Crippen LogP contribution >= 0.6 is 0 Å². The summed E-state index contributed by atoms with van der Waals surface area (Å²) in [5.74, 6) is -1.76. The number of carbonyl (C=O) groups excluding carboxylic acids is 2. The van der Waals surface area contributed by atoms with Crippen LogP contribution in [-0.4, -0.2) is 30.0 Å². The zero-order valence-corrected chi connectivity index (χ0v) is 14.9. The van der Waals surface area contributed by atoms with Crippen LogP contribution in [0.15, 0.2) is 36.4 Å². The third-order valence-electron chi connectivity index (χ3n) is 3.82. The van der Waals surface area contributed by atoms with Crippen LogP contribution in [0.2, 0.25) is 0 Å². The number of nitrogens with zero attached hydrogens (tertiary/aromatic N) is 1. The summed E-state index contributed by atoms with van der Waals surface area (Å²) in [6.45, 7) is -0.322. The molecule has 0 saturated heterocycles. The molecule has 2 aromatic carbocycles. The molecule has 0 aliphatic rings. The predicted molar refractivity (Wildman–Crippen MR) is 94.6 cm³/mol. The Labute approximate surface area is 158 Å². The van der Waals surface area contributed by atoms with Gasteiger partial charge in [-0.1, -0.05) is 6.07 Å². The lowest BCUT2D eigenvalue weighted by Crippen LogP contribution is -2.22. The van der Waals surface area contributed by atoms with Gasteiger partial charge in [0.25, 0.3) is 11.6 Å². The Kier molecular flexibility index (Phi) is 6.59. The molecule has 28 heavy (non-hydrogen) atoms. The number of ether oxygens (including phenoxy) is 2. The van der Waals surface area contributed by atoms with Crippen molar-refractivity contribution in [2.24, 2.45) is 0 Å². The van der Waals surface area contributed by atoms with Crippen molar-refractivity contribution >= 4 is 23.3 Å². The molecule has 0 radical (unpaired) electrons. The van der Waals surface area contributed by atoms with Crippen LogP contribution in [0.1, 0.15) is 21.5 Å².